The number of rotatable bonds is 3. The molecule has 0 spiro atoms. The van der Waals surface area contributed by atoms with Crippen molar-refractivity contribution in [3.8, 4) is 0 Å². The first-order valence-corrected chi connectivity index (χ1v) is 6.49. The SMILES string of the molecule is CN(C)S(=O)(=O)N1CCC(n2c[c]cn2)C1. The predicted molar refractivity (Wildman–Crippen MR) is 58.9 cm³/mol. The van der Waals surface area contributed by atoms with Gasteiger partial charge in [0.2, 0.25) is 0 Å². The Balaban J connectivity index is 2.10. The van der Waals surface area contributed by atoms with Crippen molar-refractivity contribution >= 4 is 10.2 Å². The zero-order chi connectivity index (χ0) is 11.8. The smallest absolute Gasteiger partial charge is 0.268 e. The van der Waals surface area contributed by atoms with Gasteiger partial charge in [0.1, 0.15) is 0 Å². The largest absolute Gasteiger partial charge is 0.281 e. The fraction of sp³-hybridized carbons (Fsp3) is 0.667. The molecule has 1 aliphatic heterocycles. The van der Waals surface area contributed by atoms with Crippen LogP contribution in [0.1, 0.15) is 12.5 Å². The molecule has 0 amide bonds. The molecule has 0 saturated carbocycles. The van der Waals surface area contributed by atoms with E-state index in [1.165, 1.54) is 8.61 Å². The summed E-state index contributed by atoms with van der Waals surface area (Å²) in [5, 5.41) is 4.09. The number of nitrogens with zero attached hydrogens (tertiary/aromatic N) is 4. The standard InChI is InChI=1S/C9H15N4O2S/c1-11(2)16(14,15)12-7-4-9(8-12)13-6-3-5-10-13/h5-6,9H,4,7-8H2,1-2H3. The van der Waals surface area contributed by atoms with E-state index in [0.717, 1.165) is 6.42 Å². The Hall–Kier alpha value is -0.920. The van der Waals surface area contributed by atoms with E-state index < -0.39 is 10.2 Å². The minimum absolute atomic E-state index is 0.126. The van der Waals surface area contributed by atoms with Crippen LogP contribution in [0.4, 0.5) is 0 Å². The third-order valence-electron chi connectivity index (χ3n) is 2.76. The van der Waals surface area contributed by atoms with Gasteiger partial charge in [-0.2, -0.15) is 22.1 Å². The molecule has 7 heteroatoms. The van der Waals surface area contributed by atoms with Gasteiger partial charge in [-0.1, -0.05) is 0 Å². The molecular formula is C9H15N4O2S. The quantitative estimate of drug-likeness (QED) is 0.734. The van der Waals surface area contributed by atoms with Crippen molar-refractivity contribution in [2.45, 2.75) is 12.5 Å². The maximum absolute atomic E-state index is 11.9. The molecule has 1 radical (unpaired) electrons. The highest BCUT2D eigenvalue weighted by Crippen LogP contribution is 2.23. The molecule has 1 fully saturated rings. The molecule has 1 aromatic rings. The van der Waals surface area contributed by atoms with Crippen molar-refractivity contribution in [2.75, 3.05) is 27.2 Å². The van der Waals surface area contributed by atoms with Crippen LogP contribution in [0.15, 0.2) is 12.4 Å². The van der Waals surface area contributed by atoms with Crippen LogP contribution >= 0.6 is 0 Å². The molecular weight excluding hydrogens is 228 g/mol. The second-order valence-corrected chi connectivity index (χ2v) is 6.15. The summed E-state index contributed by atoms with van der Waals surface area (Å²) in [5.41, 5.74) is 0. The summed E-state index contributed by atoms with van der Waals surface area (Å²) in [5.74, 6) is 0. The molecule has 1 aromatic heterocycles. The van der Waals surface area contributed by atoms with E-state index in [9.17, 15) is 8.42 Å². The number of hydrogen-bond donors (Lipinski definition) is 0. The Morgan fingerprint density at radius 1 is 1.50 bits per heavy atom. The van der Waals surface area contributed by atoms with E-state index in [4.69, 9.17) is 0 Å². The normalized spacial score (nSPS) is 23.1. The molecule has 0 N–H and O–H groups in total. The molecule has 1 saturated heterocycles. The number of aromatic nitrogens is 2. The zero-order valence-corrected chi connectivity index (χ0v) is 10.2. The summed E-state index contributed by atoms with van der Waals surface area (Å²) in [6.07, 6.45) is 4.13. The molecule has 89 valence electrons. The minimum atomic E-state index is -3.29. The molecule has 0 bridgehead atoms. The van der Waals surface area contributed by atoms with Crippen LogP contribution in [0.5, 0.6) is 0 Å². The topological polar surface area (TPSA) is 58.4 Å². The van der Waals surface area contributed by atoms with Crippen LogP contribution in [0.3, 0.4) is 0 Å². The highest BCUT2D eigenvalue weighted by atomic mass is 32.2. The highest BCUT2D eigenvalue weighted by Gasteiger charge is 2.33. The van der Waals surface area contributed by atoms with Crippen LogP contribution in [0.25, 0.3) is 0 Å². The van der Waals surface area contributed by atoms with Crippen molar-refractivity contribution in [1.82, 2.24) is 18.4 Å². The van der Waals surface area contributed by atoms with Gasteiger partial charge in [0.25, 0.3) is 10.2 Å². The summed E-state index contributed by atoms with van der Waals surface area (Å²) >= 11 is 0. The summed E-state index contributed by atoms with van der Waals surface area (Å²) in [4.78, 5) is 0. The van der Waals surface area contributed by atoms with Crippen LogP contribution in [0, 0.1) is 6.07 Å². The summed E-state index contributed by atoms with van der Waals surface area (Å²) < 4.78 is 28.2. The van der Waals surface area contributed by atoms with Gasteiger partial charge in [-0.25, -0.2) is 0 Å². The van der Waals surface area contributed by atoms with Crippen LogP contribution in [0.2, 0.25) is 0 Å². The van der Waals surface area contributed by atoms with Gasteiger partial charge in [-0.15, -0.1) is 0 Å². The Kier molecular flexibility index (Phi) is 3.00. The van der Waals surface area contributed by atoms with Crippen LogP contribution in [-0.4, -0.2) is 54.0 Å². The van der Waals surface area contributed by atoms with Gasteiger partial charge in [-0.3, -0.25) is 4.68 Å². The summed E-state index contributed by atoms with van der Waals surface area (Å²) in [6.45, 7) is 1.03. The summed E-state index contributed by atoms with van der Waals surface area (Å²) in [6, 6.07) is 2.98. The number of hydrogen-bond acceptors (Lipinski definition) is 3. The molecule has 1 atom stereocenters. The molecule has 2 heterocycles. The Morgan fingerprint density at radius 3 is 2.81 bits per heavy atom. The second kappa shape index (κ2) is 4.15. The molecule has 16 heavy (non-hydrogen) atoms. The third-order valence-corrected chi connectivity index (χ3v) is 4.67. The molecule has 0 aliphatic carbocycles. The Morgan fingerprint density at radius 2 is 2.25 bits per heavy atom. The molecule has 1 unspecified atom stereocenters. The fourth-order valence-corrected chi connectivity index (χ4v) is 2.97. The molecule has 0 aromatic carbocycles. The van der Waals surface area contributed by atoms with Crippen molar-refractivity contribution < 1.29 is 8.42 Å². The van der Waals surface area contributed by atoms with Gasteiger partial charge in [-0.05, 0) is 6.42 Å². The first kappa shape index (κ1) is 11.6. The third kappa shape index (κ3) is 1.98. The first-order valence-electron chi connectivity index (χ1n) is 5.09. The predicted octanol–water partition coefficient (Wildman–Crippen LogP) is -0.264. The zero-order valence-electron chi connectivity index (χ0n) is 9.37. The van der Waals surface area contributed by atoms with E-state index in [0.29, 0.717) is 13.1 Å². The lowest BCUT2D eigenvalue weighted by Gasteiger charge is -2.20. The average molecular weight is 243 g/mol. The second-order valence-electron chi connectivity index (χ2n) is 4.01. The molecule has 2 rings (SSSR count). The fourth-order valence-electron chi connectivity index (χ4n) is 1.81. The van der Waals surface area contributed by atoms with Crippen molar-refractivity contribution in [1.29, 1.82) is 0 Å². The Labute approximate surface area is 95.6 Å². The van der Waals surface area contributed by atoms with Gasteiger partial charge in [0.05, 0.1) is 12.2 Å². The molecule has 1 aliphatic rings. The van der Waals surface area contributed by atoms with Gasteiger partial charge >= 0.3 is 0 Å². The Bertz CT molecular complexity index is 440. The van der Waals surface area contributed by atoms with Gasteiger partial charge in [0, 0.05) is 39.4 Å². The van der Waals surface area contributed by atoms with Crippen LogP contribution < -0.4 is 0 Å². The lowest BCUT2D eigenvalue weighted by atomic mass is 10.3. The van der Waals surface area contributed by atoms with E-state index in [2.05, 4.69) is 11.2 Å². The van der Waals surface area contributed by atoms with E-state index in [-0.39, 0.29) is 6.04 Å². The monoisotopic (exact) mass is 243 g/mol. The van der Waals surface area contributed by atoms with Gasteiger partial charge < -0.3 is 0 Å². The average Bonchev–Trinajstić information content (AvgIpc) is 2.88. The highest BCUT2D eigenvalue weighted by molar-refractivity contribution is 7.86. The van der Waals surface area contributed by atoms with Crippen LogP contribution in [-0.2, 0) is 10.2 Å². The maximum Gasteiger partial charge on any atom is 0.281 e. The molecule has 6 nitrogen and oxygen atoms in total. The summed E-state index contributed by atoms with van der Waals surface area (Å²) in [7, 11) is -0.193. The van der Waals surface area contributed by atoms with E-state index in [1.54, 1.807) is 31.2 Å². The van der Waals surface area contributed by atoms with Gasteiger partial charge in [0.15, 0.2) is 0 Å². The van der Waals surface area contributed by atoms with Crippen molar-refractivity contribution in [3.05, 3.63) is 18.5 Å². The van der Waals surface area contributed by atoms with E-state index in [1.807, 2.05) is 0 Å². The maximum atomic E-state index is 11.9. The minimum Gasteiger partial charge on any atom is -0.268 e. The van der Waals surface area contributed by atoms with Crippen molar-refractivity contribution in [3.63, 3.8) is 0 Å². The van der Waals surface area contributed by atoms with Crippen molar-refractivity contribution in [2.24, 2.45) is 0 Å². The van der Waals surface area contributed by atoms with E-state index >= 15 is 0 Å². The lowest BCUT2D eigenvalue weighted by molar-refractivity contribution is 0.401. The first-order chi connectivity index (χ1) is 7.51. The lowest BCUT2D eigenvalue weighted by Crippen LogP contribution is -2.38.